The van der Waals surface area contributed by atoms with Gasteiger partial charge in [-0.1, -0.05) is 10.2 Å². The number of nitro groups is 2. The van der Waals surface area contributed by atoms with Crippen molar-refractivity contribution in [2.75, 3.05) is 0 Å². The summed E-state index contributed by atoms with van der Waals surface area (Å²) in [5.74, 6) is 0. The summed E-state index contributed by atoms with van der Waals surface area (Å²) in [5.41, 5.74) is -1.01. The lowest BCUT2D eigenvalue weighted by atomic mass is 11.2. The Hall–Kier alpha value is -3.46. The van der Waals surface area contributed by atoms with Gasteiger partial charge in [-0.3, -0.25) is 0 Å². The van der Waals surface area contributed by atoms with E-state index in [9.17, 15) is 20.2 Å². The molecule has 2 heterocycles. The molecular weight excluding hydrogens is 256 g/mol. The summed E-state index contributed by atoms with van der Waals surface area (Å²) in [7, 11) is 0. The summed E-state index contributed by atoms with van der Waals surface area (Å²) in [6.07, 6.45) is 0. The molecule has 16 heteroatoms. The summed E-state index contributed by atoms with van der Waals surface area (Å²) < 4.78 is 0. The predicted octanol–water partition coefficient (Wildman–Crippen LogP) is -3.98. The molecule has 2 aromatic rings. The van der Waals surface area contributed by atoms with Crippen LogP contribution in [0.15, 0.2) is 10.2 Å². The molecule has 18 heavy (non-hydrogen) atoms. The zero-order valence-corrected chi connectivity index (χ0v) is 8.11. The Morgan fingerprint density at radius 2 is 1.33 bits per heavy atom. The van der Waals surface area contributed by atoms with E-state index in [1.54, 1.807) is 0 Å². The first-order chi connectivity index (χ1) is 8.58. The van der Waals surface area contributed by atoms with Gasteiger partial charge in [0.25, 0.3) is 0 Å². The van der Waals surface area contributed by atoms with E-state index in [4.69, 9.17) is 0 Å². The third-order valence-corrected chi connectivity index (χ3v) is 1.48. The molecule has 0 aliphatic heterocycles. The van der Waals surface area contributed by atoms with Crippen LogP contribution in [0.2, 0.25) is 0 Å². The highest BCUT2D eigenvalue weighted by atomic mass is 16.7. The molecule has 0 saturated heterocycles. The highest BCUT2D eigenvalue weighted by molar-refractivity contribution is 4.53. The number of nitrogens with one attached hydrogen (secondary N) is 2. The number of rotatable bonds is 3. The molecule has 0 aliphatic carbocycles. The van der Waals surface area contributed by atoms with Crippen molar-refractivity contribution in [2.45, 2.75) is 0 Å². The minimum atomic E-state index is -1.02. The first kappa shape index (κ1) is 11.0. The van der Waals surface area contributed by atoms with Gasteiger partial charge in [-0.2, -0.15) is 10.4 Å². The van der Waals surface area contributed by atoms with E-state index in [1.807, 2.05) is 0 Å². The van der Waals surface area contributed by atoms with Crippen molar-refractivity contribution < 1.29 is 10.1 Å². The van der Waals surface area contributed by atoms with Gasteiger partial charge in [-0.15, -0.1) is 9.58 Å². The van der Waals surface area contributed by atoms with Gasteiger partial charge >= 0.3 is 11.2 Å². The molecule has 94 valence electrons. The number of aromatic amines is 2. The molecule has 2 aromatic heterocycles. The van der Waals surface area contributed by atoms with Crippen molar-refractivity contribution in [3.8, 4) is 0 Å². The van der Waals surface area contributed by atoms with Crippen LogP contribution < -0.4 is 11.2 Å². The zero-order chi connectivity index (χ0) is 13.1. The minimum Gasteiger partial charge on any atom is -0.233 e. The van der Waals surface area contributed by atoms with Crippen LogP contribution in [0, 0.1) is 20.2 Å². The minimum absolute atomic E-state index is 0.504. The lowest BCUT2D eigenvalue weighted by Crippen LogP contribution is -2.36. The molecule has 0 spiro atoms. The van der Waals surface area contributed by atoms with E-state index in [2.05, 4.69) is 41.3 Å². The van der Waals surface area contributed by atoms with E-state index in [0.717, 1.165) is 9.58 Å². The van der Waals surface area contributed by atoms with Crippen LogP contribution in [0.5, 0.6) is 0 Å². The fourth-order valence-corrected chi connectivity index (χ4v) is 0.932. The maximum Gasteiger partial charge on any atom is 0.359 e. The smallest absolute Gasteiger partial charge is 0.233 e. The van der Waals surface area contributed by atoms with Crippen molar-refractivity contribution >= 4 is 0 Å². The van der Waals surface area contributed by atoms with Crippen LogP contribution in [0.4, 0.5) is 0 Å². The van der Waals surface area contributed by atoms with Gasteiger partial charge in [-0.05, 0) is 10.4 Å². The third kappa shape index (κ3) is 2.05. The largest absolute Gasteiger partial charge is 0.359 e. The molecule has 2 N–H and O–H groups in total. The van der Waals surface area contributed by atoms with Crippen molar-refractivity contribution in [3.05, 3.63) is 31.5 Å². The van der Waals surface area contributed by atoms with Crippen molar-refractivity contribution in [2.24, 2.45) is 10.2 Å². The summed E-state index contributed by atoms with van der Waals surface area (Å²) >= 11 is 0. The molecule has 0 unspecified atom stereocenters. The van der Waals surface area contributed by atoms with Crippen LogP contribution >= 0.6 is 0 Å². The lowest BCUT2D eigenvalue weighted by molar-refractivity contribution is -0.492. The number of nitrogens with zero attached hydrogens (tertiary/aromatic N) is 10. The topological polar surface area (TPSA) is 204 Å². The molecular formula is C2H2N12O4. The molecule has 0 bridgehead atoms. The van der Waals surface area contributed by atoms with Crippen LogP contribution in [-0.4, -0.2) is 50.7 Å². The number of aromatic nitrogens is 8. The monoisotopic (exact) mass is 258 g/mol. The first-order valence-electron chi connectivity index (χ1n) is 3.97. The maximum absolute atomic E-state index is 10.2. The SMILES string of the molecule is O=[N+]([O-])/N=c1\nn[nH]n1-n1[nH]nn/c1=N\[N+](=O)[O-]. The van der Waals surface area contributed by atoms with Gasteiger partial charge in [0.05, 0.1) is 0 Å². The molecule has 0 radical (unpaired) electrons. The summed E-state index contributed by atoms with van der Waals surface area (Å²) in [6, 6.07) is 0. The molecule has 0 aliphatic rings. The normalized spacial score (nSPS) is 12.9. The van der Waals surface area contributed by atoms with E-state index in [1.165, 1.54) is 0 Å². The Balaban J connectivity index is 2.65. The second-order valence-electron chi connectivity index (χ2n) is 2.50. The molecule has 0 saturated carbocycles. The lowest BCUT2D eigenvalue weighted by Gasteiger charge is -1.95. The fraction of sp³-hybridized carbons (Fsp3) is 0. The second-order valence-corrected chi connectivity index (χ2v) is 2.50. The van der Waals surface area contributed by atoms with Crippen LogP contribution in [-0.2, 0) is 0 Å². The molecule has 0 aromatic carbocycles. The Kier molecular flexibility index (Phi) is 2.57. The van der Waals surface area contributed by atoms with Gasteiger partial charge in [0.15, 0.2) is 10.1 Å². The number of hydrogen-bond donors (Lipinski definition) is 2. The average molecular weight is 258 g/mol. The summed E-state index contributed by atoms with van der Waals surface area (Å²) in [6.45, 7) is 0. The fourth-order valence-electron chi connectivity index (χ4n) is 0.932. The van der Waals surface area contributed by atoms with Crippen molar-refractivity contribution in [1.29, 1.82) is 0 Å². The Morgan fingerprint density at radius 3 is 1.67 bits per heavy atom. The van der Waals surface area contributed by atoms with Gasteiger partial charge in [0.1, 0.15) is 10.2 Å². The molecule has 2 rings (SSSR count). The van der Waals surface area contributed by atoms with E-state index in [-0.39, 0.29) is 0 Å². The Morgan fingerprint density at radius 1 is 0.944 bits per heavy atom. The van der Waals surface area contributed by atoms with E-state index >= 15 is 0 Å². The van der Waals surface area contributed by atoms with E-state index in [0.29, 0.717) is 0 Å². The number of hydrogen-bond acceptors (Lipinski definition) is 8. The van der Waals surface area contributed by atoms with E-state index < -0.39 is 21.3 Å². The quantitative estimate of drug-likeness (QED) is 0.409. The highest BCUT2D eigenvalue weighted by Crippen LogP contribution is 1.71. The number of tetrazole rings is 2. The standard InChI is InChI=1S/C2H2N12O4/c15-13(16)5-1-3-7-9-11(1)12-2(4-8-10-12)6-14(17)18/h(H,3,5,9)(H,4,6,10). The predicted molar refractivity (Wildman–Crippen MR) is 44.7 cm³/mol. The zero-order valence-electron chi connectivity index (χ0n) is 8.11. The summed E-state index contributed by atoms with van der Waals surface area (Å²) in [4.78, 5) is 21.9. The highest BCUT2D eigenvalue weighted by Gasteiger charge is 2.09. The molecule has 0 amide bonds. The molecule has 0 fully saturated rings. The van der Waals surface area contributed by atoms with Gasteiger partial charge < -0.3 is 0 Å². The van der Waals surface area contributed by atoms with Crippen LogP contribution in [0.1, 0.15) is 0 Å². The Bertz CT molecular complexity index is 646. The van der Waals surface area contributed by atoms with Crippen LogP contribution in [0.3, 0.4) is 0 Å². The maximum atomic E-state index is 10.2. The first-order valence-corrected chi connectivity index (χ1v) is 3.97. The van der Waals surface area contributed by atoms with Crippen LogP contribution in [0.25, 0.3) is 0 Å². The van der Waals surface area contributed by atoms with Gasteiger partial charge in [0, 0.05) is 0 Å². The van der Waals surface area contributed by atoms with Gasteiger partial charge in [0.2, 0.25) is 0 Å². The summed E-state index contributed by atoms with van der Waals surface area (Å²) in [5, 5.41) is 41.4. The average Bonchev–Trinajstić information content (AvgIpc) is 2.85. The third-order valence-electron chi connectivity index (χ3n) is 1.48. The van der Waals surface area contributed by atoms with Gasteiger partial charge in [-0.25, -0.2) is 20.2 Å². The van der Waals surface area contributed by atoms with Crippen molar-refractivity contribution in [1.82, 2.24) is 40.6 Å². The molecule has 16 nitrogen and oxygen atoms in total. The Labute approximate surface area is 93.5 Å². The van der Waals surface area contributed by atoms with Crippen molar-refractivity contribution in [3.63, 3.8) is 0 Å². The molecule has 0 atom stereocenters. The number of H-pyrrole nitrogens is 2. The second kappa shape index (κ2) is 4.19.